The third-order valence-corrected chi connectivity index (χ3v) is 4.62. The summed E-state index contributed by atoms with van der Waals surface area (Å²) < 4.78 is 6.16. The summed E-state index contributed by atoms with van der Waals surface area (Å²) in [6.45, 7) is 9.71. The molecule has 0 aromatic heterocycles. The lowest BCUT2D eigenvalue weighted by Crippen LogP contribution is -2.29. The maximum atomic E-state index is 6.16. The lowest BCUT2D eigenvalue weighted by atomic mass is 10.0. The minimum atomic E-state index is -0.0578. The maximum Gasteiger partial charge on any atom is 0.127 e. The van der Waals surface area contributed by atoms with Gasteiger partial charge in [0.05, 0.1) is 0 Å². The number of halogens is 1. The Balaban J connectivity index is 0.00000161. The highest BCUT2D eigenvalue weighted by Gasteiger charge is 2.32. The summed E-state index contributed by atoms with van der Waals surface area (Å²) in [6, 6.07) is 6.87. The van der Waals surface area contributed by atoms with E-state index in [0.29, 0.717) is 12.0 Å². The van der Waals surface area contributed by atoms with Crippen LogP contribution in [0.25, 0.3) is 0 Å². The molecule has 2 N–H and O–H groups in total. The Bertz CT molecular complexity index is 502. The van der Waals surface area contributed by atoms with E-state index in [1.54, 1.807) is 0 Å². The van der Waals surface area contributed by atoms with E-state index in [1.165, 1.54) is 17.5 Å². The van der Waals surface area contributed by atoms with Crippen LogP contribution in [0.1, 0.15) is 38.3 Å². The molecule has 2 aliphatic rings. The molecule has 1 aromatic carbocycles. The molecule has 118 valence electrons. The summed E-state index contributed by atoms with van der Waals surface area (Å²) in [5.74, 6) is 1.77. The van der Waals surface area contributed by atoms with Crippen molar-refractivity contribution in [2.75, 3.05) is 13.1 Å². The summed E-state index contributed by atoms with van der Waals surface area (Å²) in [5.41, 5.74) is 8.66. The molecule has 0 saturated carbocycles. The van der Waals surface area contributed by atoms with Gasteiger partial charge in [-0.05, 0) is 45.2 Å². The van der Waals surface area contributed by atoms with Crippen LogP contribution in [0.4, 0.5) is 0 Å². The number of ether oxygens (including phenoxy) is 1. The molecule has 0 bridgehead atoms. The zero-order valence-electron chi connectivity index (χ0n) is 13.3. The SMILES string of the molecule is CC(N)C1CCN(Cc2cccc3c2OC(C)(C)C3)C1.Cl. The second kappa shape index (κ2) is 6.15. The lowest BCUT2D eigenvalue weighted by molar-refractivity contribution is 0.135. The van der Waals surface area contributed by atoms with E-state index < -0.39 is 0 Å². The van der Waals surface area contributed by atoms with Gasteiger partial charge >= 0.3 is 0 Å². The third kappa shape index (κ3) is 3.53. The van der Waals surface area contributed by atoms with Gasteiger partial charge in [0.15, 0.2) is 0 Å². The van der Waals surface area contributed by atoms with Crippen molar-refractivity contribution < 1.29 is 4.74 Å². The van der Waals surface area contributed by atoms with Crippen LogP contribution in [0.3, 0.4) is 0 Å². The number of rotatable bonds is 3. The molecule has 21 heavy (non-hydrogen) atoms. The molecule has 1 aromatic rings. The number of hydrogen-bond donors (Lipinski definition) is 1. The van der Waals surface area contributed by atoms with Crippen LogP contribution in [0.15, 0.2) is 18.2 Å². The van der Waals surface area contributed by atoms with Gasteiger partial charge in [-0.15, -0.1) is 12.4 Å². The van der Waals surface area contributed by atoms with E-state index in [0.717, 1.165) is 31.8 Å². The summed E-state index contributed by atoms with van der Waals surface area (Å²) >= 11 is 0. The standard InChI is InChI=1S/C17H26N2O.ClH/c1-12(18)14-7-8-19(10-14)11-15-6-4-5-13-9-17(2,3)20-16(13)15;/h4-6,12,14H,7-11,18H2,1-3H3;1H. The van der Waals surface area contributed by atoms with Crippen LogP contribution in [0, 0.1) is 5.92 Å². The van der Waals surface area contributed by atoms with Crippen molar-refractivity contribution in [2.24, 2.45) is 11.7 Å². The molecule has 0 amide bonds. The van der Waals surface area contributed by atoms with E-state index >= 15 is 0 Å². The summed E-state index contributed by atoms with van der Waals surface area (Å²) in [6.07, 6.45) is 2.23. The average Bonchev–Trinajstić information content (AvgIpc) is 2.92. The molecule has 0 radical (unpaired) electrons. The smallest absolute Gasteiger partial charge is 0.127 e. The van der Waals surface area contributed by atoms with Crippen LogP contribution in [-0.4, -0.2) is 29.6 Å². The van der Waals surface area contributed by atoms with Crippen LogP contribution in [0.5, 0.6) is 5.75 Å². The van der Waals surface area contributed by atoms with Gasteiger partial charge in [0.25, 0.3) is 0 Å². The number of hydrogen-bond acceptors (Lipinski definition) is 3. The first-order chi connectivity index (χ1) is 9.44. The van der Waals surface area contributed by atoms with Gasteiger partial charge in [-0.1, -0.05) is 18.2 Å². The predicted molar refractivity (Wildman–Crippen MR) is 89.1 cm³/mol. The Kier molecular flexibility index (Phi) is 4.86. The fraction of sp³-hybridized carbons (Fsp3) is 0.647. The minimum Gasteiger partial charge on any atom is -0.487 e. The monoisotopic (exact) mass is 310 g/mol. The van der Waals surface area contributed by atoms with Gasteiger partial charge < -0.3 is 10.5 Å². The van der Waals surface area contributed by atoms with E-state index in [-0.39, 0.29) is 18.0 Å². The zero-order valence-corrected chi connectivity index (χ0v) is 14.1. The van der Waals surface area contributed by atoms with Gasteiger partial charge in [0, 0.05) is 31.1 Å². The first-order valence-electron chi connectivity index (χ1n) is 7.72. The molecule has 0 aliphatic carbocycles. The number of benzene rings is 1. The highest BCUT2D eigenvalue weighted by Crippen LogP contribution is 2.38. The van der Waals surface area contributed by atoms with Crippen LogP contribution < -0.4 is 10.5 Å². The Hall–Kier alpha value is -0.770. The van der Waals surface area contributed by atoms with Crippen LogP contribution in [-0.2, 0) is 13.0 Å². The molecule has 2 heterocycles. The Labute approximate surface area is 134 Å². The summed E-state index contributed by atoms with van der Waals surface area (Å²) in [5, 5.41) is 0. The summed E-state index contributed by atoms with van der Waals surface area (Å²) in [4.78, 5) is 2.51. The zero-order chi connectivity index (χ0) is 14.3. The van der Waals surface area contributed by atoms with E-state index in [9.17, 15) is 0 Å². The van der Waals surface area contributed by atoms with Crippen molar-refractivity contribution in [1.82, 2.24) is 4.90 Å². The quantitative estimate of drug-likeness (QED) is 0.933. The number of para-hydroxylation sites is 1. The molecular formula is C17H27ClN2O. The fourth-order valence-corrected chi connectivity index (χ4v) is 3.48. The third-order valence-electron chi connectivity index (χ3n) is 4.62. The van der Waals surface area contributed by atoms with Gasteiger partial charge in [0.1, 0.15) is 11.4 Å². The topological polar surface area (TPSA) is 38.5 Å². The molecule has 2 atom stereocenters. The second-order valence-corrected chi connectivity index (χ2v) is 7.09. The van der Waals surface area contributed by atoms with Crippen molar-refractivity contribution in [3.63, 3.8) is 0 Å². The molecule has 2 unspecified atom stereocenters. The Morgan fingerprint density at radius 1 is 1.43 bits per heavy atom. The average molecular weight is 311 g/mol. The van der Waals surface area contributed by atoms with E-state index in [1.807, 2.05) is 0 Å². The molecule has 2 aliphatic heterocycles. The Morgan fingerprint density at radius 3 is 2.86 bits per heavy atom. The molecular weight excluding hydrogens is 284 g/mol. The summed E-state index contributed by atoms with van der Waals surface area (Å²) in [7, 11) is 0. The molecule has 1 fully saturated rings. The molecule has 3 nitrogen and oxygen atoms in total. The number of nitrogens with two attached hydrogens (primary N) is 1. The van der Waals surface area contributed by atoms with Crippen molar-refractivity contribution in [3.05, 3.63) is 29.3 Å². The molecule has 3 rings (SSSR count). The first-order valence-corrected chi connectivity index (χ1v) is 7.72. The van der Waals surface area contributed by atoms with E-state index in [2.05, 4.69) is 43.9 Å². The van der Waals surface area contributed by atoms with Gasteiger partial charge in [-0.3, -0.25) is 4.90 Å². The number of fused-ring (bicyclic) bond motifs is 1. The largest absolute Gasteiger partial charge is 0.487 e. The van der Waals surface area contributed by atoms with Crippen molar-refractivity contribution in [1.29, 1.82) is 0 Å². The predicted octanol–water partition coefficient (Wildman–Crippen LogP) is 2.99. The van der Waals surface area contributed by atoms with Crippen LogP contribution >= 0.6 is 12.4 Å². The highest BCUT2D eigenvalue weighted by atomic mass is 35.5. The Morgan fingerprint density at radius 2 is 2.19 bits per heavy atom. The molecule has 1 saturated heterocycles. The van der Waals surface area contributed by atoms with Gasteiger partial charge in [0.2, 0.25) is 0 Å². The van der Waals surface area contributed by atoms with Crippen molar-refractivity contribution in [2.45, 2.75) is 51.8 Å². The lowest BCUT2D eigenvalue weighted by Gasteiger charge is -2.21. The number of likely N-dealkylation sites (tertiary alicyclic amines) is 1. The molecule has 0 spiro atoms. The normalized spacial score (nSPS) is 25.0. The van der Waals surface area contributed by atoms with E-state index in [4.69, 9.17) is 10.5 Å². The van der Waals surface area contributed by atoms with Gasteiger partial charge in [-0.25, -0.2) is 0 Å². The van der Waals surface area contributed by atoms with Crippen molar-refractivity contribution >= 4 is 12.4 Å². The minimum absolute atomic E-state index is 0. The molecule has 4 heteroatoms. The highest BCUT2D eigenvalue weighted by molar-refractivity contribution is 5.85. The van der Waals surface area contributed by atoms with Gasteiger partial charge in [-0.2, -0.15) is 0 Å². The van der Waals surface area contributed by atoms with Crippen LogP contribution in [0.2, 0.25) is 0 Å². The fourth-order valence-electron chi connectivity index (χ4n) is 3.48. The maximum absolute atomic E-state index is 6.16. The second-order valence-electron chi connectivity index (χ2n) is 7.09. The first kappa shape index (κ1) is 16.6. The van der Waals surface area contributed by atoms with Crippen molar-refractivity contribution in [3.8, 4) is 5.75 Å². The number of nitrogens with zero attached hydrogens (tertiary/aromatic N) is 1.